The third kappa shape index (κ3) is 22.9. The number of hydrogen-bond acceptors (Lipinski definition) is 13. The average molecular weight is 1430 g/mol. The van der Waals surface area contributed by atoms with Crippen LogP contribution in [-0.4, -0.2) is 144 Å². The first-order valence-electron chi connectivity index (χ1n) is 35.6. The van der Waals surface area contributed by atoms with Crippen LogP contribution in [0.4, 0.5) is 16.2 Å². The third-order valence-corrected chi connectivity index (χ3v) is 19.6. The van der Waals surface area contributed by atoms with Crippen LogP contribution in [-0.2, 0) is 72.0 Å². The Kier molecular flexibility index (Phi) is 29.2. The van der Waals surface area contributed by atoms with Gasteiger partial charge in [0.25, 0.3) is 10.1 Å². The first kappa shape index (κ1) is 79.1. The summed E-state index contributed by atoms with van der Waals surface area (Å²) in [7, 11) is -4.14. The third-order valence-electron chi connectivity index (χ3n) is 18.8. The lowest BCUT2D eigenvalue weighted by molar-refractivity contribution is -0.438. The number of carbonyl (C=O) groups excluding carboxylic acids is 4. The van der Waals surface area contributed by atoms with Crippen molar-refractivity contribution in [3.8, 4) is 5.75 Å². The molecule has 103 heavy (non-hydrogen) atoms. The van der Waals surface area contributed by atoms with Crippen LogP contribution in [0.5, 0.6) is 5.75 Å². The molecule has 0 saturated carbocycles. The number of nitrogens with zero attached hydrogens (tertiary/aromatic N) is 2. The number of hydrogen-bond donors (Lipinski definition) is 7. The van der Waals surface area contributed by atoms with Gasteiger partial charge in [-0.05, 0) is 140 Å². The fourth-order valence-corrected chi connectivity index (χ4v) is 14.1. The monoisotopic (exact) mass is 1430 g/mol. The summed E-state index contributed by atoms with van der Waals surface area (Å²) in [5.74, 6) is -5.15. The van der Waals surface area contributed by atoms with Crippen LogP contribution >= 0.6 is 0 Å². The lowest BCUT2D eigenvalue weighted by Gasteiger charge is -2.27. The van der Waals surface area contributed by atoms with Gasteiger partial charge in [-0.1, -0.05) is 143 Å². The van der Waals surface area contributed by atoms with Crippen molar-refractivity contribution in [2.75, 3.05) is 56.7 Å². The predicted molar refractivity (Wildman–Crippen MR) is 399 cm³/mol. The number of urea groups is 1. The Morgan fingerprint density at radius 2 is 1.30 bits per heavy atom. The SMILES string of the molecule is CCCCCN1/C(=C/C=C/C(=C/C=C/C2=[N+](CCCCS(=O)(=O)O)c3ccc4ccccc4c3C2(C)C)Oc2ccc(C[C@H](CC(=O)[C@H](Cc3ccccc3)NC(=O)CCOCCOCCCC(=O)CC[C@H](NC(=O)NCCCC(=O)O)C(=O)O)C(=O)O)cc2)C(C)(C)c2c1ccc1ccccc21. The van der Waals surface area contributed by atoms with Crippen molar-refractivity contribution in [2.45, 2.75) is 154 Å². The van der Waals surface area contributed by atoms with E-state index in [-0.39, 0.29) is 114 Å². The van der Waals surface area contributed by atoms with E-state index in [1.54, 1.807) is 24.3 Å². The molecule has 6 aromatic carbocycles. The van der Waals surface area contributed by atoms with Crippen LogP contribution in [0.1, 0.15) is 140 Å². The van der Waals surface area contributed by atoms with E-state index in [9.17, 15) is 56.7 Å². The van der Waals surface area contributed by atoms with Gasteiger partial charge in [0.1, 0.15) is 29.9 Å². The molecular weight excluding hydrogens is 1330 g/mol. The molecule has 0 aliphatic carbocycles. The van der Waals surface area contributed by atoms with E-state index < -0.39 is 69.2 Å². The number of aliphatic carboxylic acids is 3. The molecule has 21 nitrogen and oxygen atoms in total. The molecule has 3 amide bonds. The molecule has 2 aliphatic rings. The van der Waals surface area contributed by atoms with Crippen molar-refractivity contribution in [1.82, 2.24) is 16.0 Å². The number of allylic oxidation sites excluding steroid dienone is 7. The minimum atomic E-state index is -4.14. The molecule has 0 unspecified atom stereocenters. The number of unbranched alkanes of at least 4 members (excludes halogenated alkanes) is 3. The number of ketones is 2. The fraction of sp³-hybridized carbons (Fsp3) is 0.407. The number of anilines is 1. The van der Waals surface area contributed by atoms with Gasteiger partial charge >= 0.3 is 23.9 Å². The summed E-state index contributed by atoms with van der Waals surface area (Å²) >= 11 is 0. The van der Waals surface area contributed by atoms with E-state index in [0.717, 1.165) is 64.8 Å². The molecule has 0 spiro atoms. The fourth-order valence-electron chi connectivity index (χ4n) is 13.5. The highest BCUT2D eigenvalue weighted by Gasteiger charge is 2.46. The molecule has 8 rings (SSSR count). The van der Waals surface area contributed by atoms with Crippen LogP contribution in [0.2, 0.25) is 0 Å². The topological polar surface area (TPSA) is 305 Å². The normalized spacial score (nSPS) is 15.3. The minimum absolute atomic E-state index is 0.00234. The summed E-state index contributed by atoms with van der Waals surface area (Å²) in [4.78, 5) is 90.0. The smallest absolute Gasteiger partial charge is 0.326 e. The summed E-state index contributed by atoms with van der Waals surface area (Å²) < 4.78 is 53.4. The molecule has 2 aliphatic heterocycles. The average Bonchev–Trinajstić information content (AvgIpc) is 1.58. The Balaban J connectivity index is 0.927. The Morgan fingerprint density at radius 1 is 0.631 bits per heavy atom. The standard InChI is InChI=1S/C81H97N5O16S/c1-6-7-15-46-85-68-42-36-58-24-11-13-29-64(58)75(68)80(2,3)71(85)31-18-27-62(28-19-32-72-81(4,5)76-65-30-14-12-25-59(65)37-43-69(76)86(72)47-16-17-52-103(97,98)99)102-63-39-34-57(35-40-63)53-60(77(92)93)55-70(88)67(54-56-22-9-8-10-23-56)83-73(89)44-49-101-51-50-100-48-21-26-61(87)38-41-66(78(94)95)84-79(96)82-45-20-33-74(90)91/h8-14,18-19,22-25,27-32,34-37,39-40,42-43,60,66-67H,6-7,15-17,20-21,26,33,38,41,44-55H2,1-5H3,(H6-,82,83,84,89,90,91,92,93,94,95,96,97,98,99)/p+1/t60-,66+,67+/m1/s1. The van der Waals surface area contributed by atoms with Gasteiger partial charge < -0.3 is 50.4 Å². The molecule has 7 N–H and O–H groups in total. The Labute approximate surface area is 603 Å². The molecule has 22 heteroatoms. The zero-order chi connectivity index (χ0) is 74.1. The van der Waals surface area contributed by atoms with E-state index >= 15 is 0 Å². The number of rotatable bonds is 43. The number of benzene rings is 6. The van der Waals surface area contributed by atoms with Crippen molar-refractivity contribution in [2.24, 2.45) is 5.92 Å². The largest absolute Gasteiger partial charge is 0.481 e. The summed E-state index contributed by atoms with van der Waals surface area (Å²) in [6.45, 7) is 13.0. The Hall–Kier alpha value is -9.61. The molecule has 2 heterocycles. The minimum Gasteiger partial charge on any atom is -0.481 e. The number of carboxylic acids is 3. The molecule has 0 radical (unpaired) electrons. The summed E-state index contributed by atoms with van der Waals surface area (Å²) in [5, 5.41) is 41.0. The number of amides is 3. The summed E-state index contributed by atoms with van der Waals surface area (Å²) in [6, 6.07) is 38.5. The second kappa shape index (κ2) is 38.1. The molecule has 0 bridgehead atoms. The van der Waals surface area contributed by atoms with Crippen LogP contribution in [0, 0.1) is 5.92 Å². The second-order valence-corrected chi connectivity index (χ2v) is 28.8. The van der Waals surface area contributed by atoms with Crippen molar-refractivity contribution in [3.05, 3.63) is 198 Å². The molecule has 3 atom stereocenters. The van der Waals surface area contributed by atoms with Gasteiger partial charge in [0.15, 0.2) is 11.5 Å². The second-order valence-electron chi connectivity index (χ2n) is 27.2. The number of carboxylic acid groups (broad SMARTS) is 3. The maximum absolute atomic E-state index is 14.2. The molecule has 0 fully saturated rings. The van der Waals surface area contributed by atoms with Crippen LogP contribution in [0.25, 0.3) is 21.5 Å². The van der Waals surface area contributed by atoms with E-state index in [1.807, 2.05) is 66.8 Å². The number of fused-ring (bicyclic) bond motifs is 6. The van der Waals surface area contributed by atoms with Crippen LogP contribution in [0.15, 0.2) is 175 Å². The lowest BCUT2D eigenvalue weighted by Crippen LogP contribution is -2.46. The lowest BCUT2D eigenvalue weighted by atomic mass is 9.79. The molecule has 6 aromatic rings. The van der Waals surface area contributed by atoms with Crippen LogP contribution in [0.3, 0.4) is 0 Å². The predicted octanol–water partition coefficient (Wildman–Crippen LogP) is 13.1. The van der Waals surface area contributed by atoms with Crippen LogP contribution < -0.4 is 25.6 Å². The first-order valence-corrected chi connectivity index (χ1v) is 37.2. The van der Waals surface area contributed by atoms with Crippen molar-refractivity contribution in [3.63, 3.8) is 0 Å². The quantitative estimate of drug-likeness (QED) is 0.00615. The van der Waals surface area contributed by atoms with E-state index in [0.29, 0.717) is 36.5 Å². The number of Topliss-reactive ketones (excluding diaryl/α,β-unsaturated/α-hetero) is 2. The van der Waals surface area contributed by atoms with Crippen molar-refractivity contribution in [1.29, 1.82) is 0 Å². The van der Waals surface area contributed by atoms with Crippen molar-refractivity contribution >= 4 is 90.2 Å². The first-order chi connectivity index (χ1) is 49.3. The van der Waals surface area contributed by atoms with Gasteiger partial charge in [-0.25, -0.2) is 9.59 Å². The zero-order valence-corrected chi connectivity index (χ0v) is 60.4. The van der Waals surface area contributed by atoms with Gasteiger partial charge in [0.2, 0.25) is 11.6 Å². The Morgan fingerprint density at radius 3 is 1.98 bits per heavy atom. The summed E-state index contributed by atoms with van der Waals surface area (Å²) in [5.41, 5.74) is 7.36. The van der Waals surface area contributed by atoms with E-state index in [2.05, 4.69) is 133 Å². The summed E-state index contributed by atoms with van der Waals surface area (Å²) in [6.07, 6.45) is 16.0. The number of nitrogens with one attached hydrogen (secondary N) is 3. The molecular formula is C81H98N5O16S+. The highest BCUT2D eigenvalue weighted by Crippen LogP contribution is 2.51. The maximum Gasteiger partial charge on any atom is 0.326 e. The van der Waals surface area contributed by atoms with E-state index in [1.165, 1.54) is 22.0 Å². The number of ether oxygens (including phenoxy) is 3. The van der Waals surface area contributed by atoms with Gasteiger partial charge in [-0.3, -0.25) is 28.5 Å². The highest BCUT2D eigenvalue weighted by atomic mass is 32.2. The van der Waals surface area contributed by atoms with Crippen molar-refractivity contribution < 1.29 is 80.6 Å². The zero-order valence-electron chi connectivity index (χ0n) is 59.6. The van der Waals surface area contributed by atoms with Gasteiger partial charge in [0.05, 0.1) is 42.9 Å². The van der Waals surface area contributed by atoms with Gasteiger partial charge in [-0.15, -0.1) is 0 Å². The van der Waals surface area contributed by atoms with Gasteiger partial charge in [0, 0.05) is 92.7 Å². The van der Waals surface area contributed by atoms with Gasteiger partial charge in [-0.2, -0.15) is 13.0 Å². The number of carbonyl (C=O) groups is 7. The maximum atomic E-state index is 14.2. The molecule has 0 aromatic heterocycles. The highest BCUT2D eigenvalue weighted by molar-refractivity contribution is 7.85. The molecule has 0 saturated heterocycles. The molecule has 548 valence electrons. The van der Waals surface area contributed by atoms with E-state index in [4.69, 9.17) is 19.3 Å². The Bertz CT molecular complexity index is 4250.